The van der Waals surface area contributed by atoms with Crippen LogP contribution in [0.15, 0.2) is 12.1 Å². The van der Waals surface area contributed by atoms with E-state index in [1.807, 2.05) is 0 Å². The molecule has 1 aliphatic heterocycles. The van der Waals surface area contributed by atoms with Crippen molar-refractivity contribution in [3.8, 4) is 11.5 Å². The number of hydrogen-bond donors (Lipinski definition) is 0. The van der Waals surface area contributed by atoms with Crippen molar-refractivity contribution in [1.82, 2.24) is 0 Å². The van der Waals surface area contributed by atoms with E-state index in [1.54, 1.807) is 6.07 Å². The molecule has 1 heterocycles. The molecule has 98 valence electrons. The van der Waals surface area contributed by atoms with Crippen molar-refractivity contribution in [3.05, 3.63) is 21.3 Å². The van der Waals surface area contributed by atoms with Crippen LogP contribution in [0, 0.1) is 3.57 Å². The van der Waals surface area contributed by atoms with Crippen LogP contribution < -0.4 is 9.47 Å². The van der Waals surface area contributed by atoms with Gasteiger partial charge in [-0.15, -0.1) is 0 Å². The van der Waals surface area contributed by atoms with Gasteiger partial charge in [0.05, 0.1) is 0 Å². The number of fused-ring (bicyclic) bond motifs is 1. The molecule has 0 saturated carbocycles. The van der Waals surface area contributed by atoms with Crippen LogP contribution in [-0.4, -0.2) is 26.2 Å². The topological polar surface area (TPSA) is 71.1 Å². The number of halogens is 1. The van der Waals surface area contributed by atoms with E-state index in [-0.39, 0.29) is 0 Å². The van der Waals surface area contributed by atoms with Crippen LogP contribution in [-0.2, 0) is 10.9 Å². The first kappa shape index (κ1) is 12.9. The van der Waals surface area contributed by atoms with Crippen molar-refractivity contribution >= 4 is 32.6 Å². The van der Waals surface area contributed by atoms with Gasteiger partial charge in [0.1, 0.15) is 0 Å². The molecule has 1 aromatic carbocycles. The predicted molar refractivity (Wildman–Crippen MR) is 69.4 cm³/mol. The van der Waals surface area contributed by atoms with Gasteiger partial charge in [-0.3, -0.25) is 0 Å². The summed E-state index contributed by atoms with van der Waals surface area (Å²) >= 11 is -2.69. The Balaban J connectivity index is 2.46. The molecule has 0 bridgehead atoms. The third-order valence-corrected chi connectivity index (χ3v) is 5.84. The van der Waals surface area contributed by atoms with Crippen LogP contribution in [0.3, 0.4) is 0 Å². The second-order valence-corrected chi connectivity index (χ2v) is 6.62. The summed E-state index contributed by atoms with van der Waals surface area (Å²) in [6.07, 6.45) is 0. The molecule has 0 radical (unpaired) electrons. The Labute approximate surface area is 112 Å². The van der Waals surface area contributed by atoms with Gasteiger partial charge in [0.15, 0.2) is 0 Å². The van der Waals surface area contributed by atoms with Crippen LogP contribution in [0.5, 0.6) is 11.5 Å². The first-order valence-electron chi connectivity index (χ1n) is 4.94. The Morgan fingerprint density at radius 2 is 1.83 bits per heavy atom. The van der Waals surface area contributed by atoms with E-state index in [0.717, 1.165) is 0 Å². The van der Waals surface area contributed by atoms with Gasteiger partial charge < -0.3 is 0 Å². The zero-order valence-electron chi connectivity index (χ0n) is 9.98. The monoisotopic (exact) mass is 366 g/mol. The van der Waals surface area contributed by atoms with Crippen molar-refractivity contribution in [2.24, 2.45) is 0 Å². The van der Waals surface area contributed by atoms with Gasteiger partial charge in [-0.1, -0.05) is 0 Å². The maximum absolute atomic E-state index is 11.7. The van der Waals surface area contributed by atoms with Gasteiger partial charge in [-0.05, 0) is 0 Å². The van der Waals surface area contributed by atoms with Crippen molar-refractivity contribution in [3.63, 3.8) is 0 Å². The Morgan fingerprint density at radius 3 is 2.39 bits per heavy atom. The van der Waals surface area contributed by atoms with Gasteiger partial charge in [0.25, 0.3) is 0 Å². The molecule has 1 aliphatic rings. The molecule has 0 N–H and O–H groups in total. The molecule has 7 heteroatoms. The normalized spacial score (nSPS) is 14.8. The van der Waals surface area contributed by atoms with Crippen LogP contribution in [0.1, 0.15) is 17.3 Å². The van der Waals surface area contributed by atoms with Crippen molar-refractivity contribution in [2.75, 3.05) is 14.2 Å². The van der Waals surface area contributed by atoms with E-state index >= 15 is 0 Å². The second kappa shape index (κ2) is 5.01. The van der Waals surface area contributed by atoms with Crippen LogP contribution >= 0.6 is 20.6 Å². The number of methoxy groups -OCH3 is 2. The second-order valence-electron chi connectivity index (χ2n) is 3.34. The summed E-state index contributed by atoms with van der Waals surface area (Å²) in [6.45, 7) is 1.28. The third kappa shape index (κ3) is 2.22. The van der Waals surface area contributed by atoms with E-state index in [2.05, 4.69) is 0 Å². The summed E-state index contributed by atoms with van der Waals surface area (Å²) in [4.78, 5) is 22.6. The molecule has 0 unspecified atom stereocenters. The molecule has 0 aliphatic carbocycles. The Kier molecular flexibility index (Phi) is 3.60. The number of ether oxygens (including phenoxy) is 2. The Morgan fingerprint density at radius 1 is 1.22 bits per heavy atom. The number of benzene rings is 1. The van der Waals surface area contributed by atoms with Gasteiger partial charge in [-0.2, -0.15) is 0 Å². The summed E-state index contributed by atoms with van der Waals surface area (Å²) in [5, 5.41) is 0. The molecule has 1 aromatic rings. The summed E-state index contributed by atoms with van der Waals surface area (Å²) in [6, 6.07) is 3.17. The standard InChI is InChI=1S/C11H11IO6/c1-6(13)17-12-8-5-10(16-3)9(15-2)4-7(8)11(14)18-12/h4-5H,1-3H3. The van der Waals surface area contributed by atoms with E-state index in [4.69, 9.17) is 15.6 Å². The Bertz CT molecular complexity index is 513. The van der Waals surface area contributed by atoms with Crippen LogP contribution in [0.2, 0.25) is 0 Å². The molecule has 0 atom stereocenters. The first-order chi connectivity index (χ1) is 8.56. The minimum absolute atomic E-state index is 0.374. The molecule has 0 aromatic heterocycles. The van der Waals surface area contributed by atoms with E-state index < -0.39 is 32.6 Å². The molecule has 0 spiro atoms. The minimum atomic E-state index is -2.69. The molecule has 6 nitrogen and oxygen atoms in total. The molecular weight excluding hydrogens is 355 g/mol. The molecular formula is C11H11IO6. The quantitative estimate of drug-likeness (QED) is 0.762. The van der Waals surface area contributed by atoms with Gasteiger partial charge >= 0.3 is 112 Å². The van der Waals surface area contributed by atoms with Gasteiger partial charge in [-0.25, -0.2) is 0 Å². The average Bonchev–Trinajstić information content (AvgIpc) is 2.63. The molecule has 0 saturated heterocycles. The zero-order chi connectivity index (χ0) is 13.3. The molecule has 2 rings (SSSR count). The van der Waals surface area contributed by atoms with Gasteiger partial charge in [0.2, 0.25) is 0 Å². The first-order valence-corrected chi connectivity index (χ1v) is 7.78. The number of hydrogen-bond acceptors (Lipinski definition) is 6. The average molecular weight is 366 g/mol. The predicted octanol–water partition coefficient (Wildman–Crippen LogP) is 1.94. The maximum atomic E-state index is 11.7. The SMILES string of the molecule is COc1cc2c(cc1OC)I(OC(C)=O)OC2=O. The van der Waals surface area contributed by atoms with E-state index in [0.29, 0.717) is 20.6 Å². The number of rotatable bonds is 3. The Hall–Kier alpha value is -1.51. The van der Waals surface area contributed by atoms with Gasteiger partial charge in [0, 0.05) is 0 Å². The fourth-order valence-electron chi connectivity index (χ4n) is 1.44. The van der Waals surface area contributed by atoms with E-state index in [1.165, 1.54) is 27.2 Å². The van der Waals surface area contributed by atoms with Crippen molar-refractivity contribution in [1.29, 1.82) is 0 Å². The van der Waals surface area contributed by atoms with Crippen LogP contribution in [0.4, 0.5) is 0 Å². The number of carbonyl (C=O) groups excluding carboxylic acids is 2. The molecule has 0 amide bonds. The van der Waals surface area contributed by atoms with E-state index in [9.17, 15) is 9.59 Å². The fraction of sp³-hybridized carbons (Fsp3) is 0.273. The summed E-state index contributed by atoms with van der Waals surface area (Å²) in [5.41, 5.74) is 0.374. The van der Waals surface area contributed by atoms with Crippen molar-refractivity contribution in [2.45, 2.75) is 6.92 Å². The molecule has 18 heavy (non-hydrogen) atoms. The van der Waals surface area contributed by atoms with Crippen LogP contribution in [0.25, 0.3) is 0 Å². The zero-order valence-corrected chi connectivity index (χ0v) is 12.1. The number of carbonyl (C=O) groups is 2. The summed E-state index contributed by atoms with van der Waals surface area (Å²) in [5.74, 6) is -0.0363. The fourth-order valence-corrected chi connectivity index (χ4v) is 4.56. The molecule has 0 fully saturated rings. The third-order valence-electron chi connectivity index (χ3n) is 2.18. The summed E-state index contributed by atoms with van der Waals surface area (Å²) < 4.78 is 21.0. The van der Waals surface area contributed by atoms with Crippen molar-refractivity contribution < 1.29 is 25.2 Å². The summed E-state index contributed by atoms with van der Waals surface area (Å²) in [7, 11) is 2.97.